The Labute approximate surface area is 92.9 Å². The summed E-state index contributed by atoms with van der Waals surface area (Å²) in [6.07, 6.45) is -1.52. The molecule has 2 N–H and O–H groups in total. The van der Waals surface area contributed by atoms with Crippen molar-refractivity contribution in [2.75, 3.05) is 0 Å². The van der Waals surface area contributed by atoms with E-state index in [4.69, 9.17) is 5.11 Å². The van der Waals surface area contributed by atoms with Gasteiger partial charge in [0.15, 0.2) is 5.54 Å². The fourth-order valence-corrected chi connectivity index (χ4v) is 2.23. The molecule has 0 aromatic carbocycles. The number of amides is 2. The van der Waals surface area contributed by atoms with Gasteiger partial charge in [-0.05, 0) is 11.8 Å². The van der Waals surface area contributed by atoms with Gasteiger partial charge in [0.05, 0.1) is 0 Å². The molecule has 1 aliphatic rings. The van der Waals surface area contributed by atoms with E-state index in [-0.39, 0.29) is 12.8 Å². The van der Waals surface area contributed by atoms with Gasteiger partial charge in [-0.15, -0.1) is 0 Å². The minimum absolute atomic E-state index is 0.0248. The molecule has 0 spiro atoms. The molecule has 0 aromatic heterocycles. The first-order valence-corrected chi connectivity index (χ1v) is 4.94. The van der Waals surface area contributed by atoms with Gasteiger partial charge in [0.25, 0.3) is 0 Å². The lowest BCUT2D eigenvalue weighted by atomic mass is 9.72. The summed E-state index contributed by atoms with van der Waals surface area (Å²) in [7, 11) is 0. The van der Waals surface area contributed by atoms with Crippen LogP contribution in [0.15, 0.2) is 0 Å². The number of carbonyl (C=O) groups is 3. The zero-order valence-electron chi connectivity index (χ0n) is 9.48. The van der Waals surface area contributed by atoms with E-state index in [9.17, 15) is 19.5 Å². The number of hydrogen-bond donors (Lipinski definition) is 2. The van der Waals surface area contributed by atoms with Gasteiger partial charge >= 0.3 is 12.1 Å². The Balaban J connectivity index is 3.37. The van der Waals surface area contributed by atoms with Crippen molar-refractivity contribution in [1.29, 1.82) is 0 Å². The molecule has 0 bridgehead atoms. The standard InChI is InChI=1S/C10H15NO5/c1-9(2,3)10(7(13)14)5-4-6(12)11(10)8(15)16/h4-5H2,1-3H3,(H,13,14)(H,15,16). The highest BCUT2D eigenvalue weighted by molar-refractivity contribution is 6.01. The average Bonchev–Trinajstić information content (AvgIpc) is 2.42. The van der Waals surface area contributed by atoms with Crippen LogP contribution in [0.4, 0.5) is 4.79 Å². The van der Waals surface area contributed by atoms with E-state index in [1.165, 1.54) is 0 Å². The zero-order valence-corrected chi connectivity index (χ0v) is 9.48. The highest BCUT2D eigenvalue weighted by Gasteiger charge is 2.61. The van der Waals surface area contributed by atoms with Crippen LogP contribution in [0.3, 0.4) is 0 Å². The quantitative estimate of drug-likeness (QED) is 0.703. The third kappa shape index (κ3) is 1.45. The molecule has 0 saturated carbocycles. The monoisotopic (exact) mass is 229 g/mol. The number of imide groups is 1. The first-order chi connectivity index (χ1) is 7.14. The van der Waals surface area contributed by atoms with Gasteiger partial charge in [-0.3, -0.25) is 4.79 Å². The lowest BCUT2D eigenvalue weighted by Crippen LogP contribution is -2.61. The van der Waals surface area contributed by atoms with Gasteiger partial charge in [0, 0.05) is 6.42 Å². The number of hydrogen-bond acceptors (Lipinski definition) is 3. The Morgan fingerprint density at radius 1 is 1.31 bits per heavy atom. The Bertz CT molecular complexity index is 357. The summed E-state index contributed by atoms with van der Waals surface area (Å²) < 4.78 is 0. The van der Waals surface area contributed by atoms with Crippen LogP contribution in [0, 0.1) is 5.41 Å². The molecule has 1 fully saturated rings. The molecule has 0 aromatic rings. The van der Waals surface area contributed by atoms with Crippen LogP contribution in [-0.4, -0.2) is 38.6 Å². The summed E-state index contributed by atoms with van der Waals surface area (Å²) in [5, 5.41) is 18.3. The minimum Gasteiger partial charge on any atom is -0.479 e. The third-order valence-corrected chi connectivity index (χ3v) is 3.12. The maximum Gasteiger partial charge on any atom is 0.415 e. The topological polar surface area (TPSA) is 94.9 Å². The second-order valence-corrected chi connectivity index (χ2v) is 4.93. The van der Waals surface area contributed by atoms with Crippen molar-refractivity contribution in [2.45, 2.75) is 39.2 Å². The molecule has 1 aliphatic heterocycles. The van der Waals surface area contributed by atoms with Gasteiger partial charge in [-0.2, -0.15) is 0 Å². The van der Waals surface area contributed by atoms with Crippen LogP contribution in [0.5, 0.6) is 0 Å². The SMILES string of the molecule is CC(C)(C)C1(C(=O)O)CCC(=O)N1C(=O)O. The van der Waals surface area contributed by atoms with Crippen molar-refractivity contribution in [2.24, 2.45) is 5.41 Å². The summed E-state index contributed by atoms with van der Waals surface area (Å²) >= 11 is 0. The van der Waals surface area contributed by atoms with Crippen LogP contribution in [0.2, 0.25) is 0 Å². The van der Waals surface area contributed by atoms with E-state index < -0.39 is 28.9 Å². The zero-order chi connectivity index (χ0) is 12.7. The fraction of sp³-hybridized carbons (Fsp3) is 0.700. The molecule has 6 nitrogen and oxygen atoms in total. The third-order valence-electron chi connectivity index (χ3n) is 3.12. The fourth-order valence-electron chi connectivity index (χ4n) is 2.23. The van der Waals surface area contributed by atoms with E-state index >= 15 is 0 Å². The van der Waals surface area contributed by atoms with Gasteiger partial charge in [-0.1, -0.05) is 20.8 Å². The number of carboxylic acid groups (broad SMARTS) is 2. The smallest absolute Gasteiger partial charge is 0.415 e. The maximum atomic E-state index is 11.5. The lowest BCUT2D eigenvalue weighted by molar-refractivity contribution is -0.159. The molecule has 1 heterocycles. The molecule has 0 radical (unpaired) electrons. The second-order valence-electron chi connectivity index (χ2n) is 4.93. The van der Waals surface area contributed by atoms with Crippen molar-refractivity contribution < 1.29 is 24.6 Å². The average molecular weight is 229 g/mol. The normalized spacial score (nSPS) is 25.9. The summed E-state index contributed by atoms with van der Waals surface area (Å²) in [5.41, 5.74) is -2.50. The number of likely N-dealkylation sites (tertiary alicyclic amines) is 1. The lowest BCUT2D eigenvalue weighted by Gasteiger charge is -2.41. The number of carboxylic acids is 1. The van der Waals surface area contributed by atoms with Crippen molar-refractivity contribution in [3.05, 3.63) is 0 Å². The summed E-state index contributed by atoms with van der Waals surface area (Å²) in [5.74, 6) is -1.92. The largest absolute Gasteiger partial charge is 0.479 e. The maximum absolute atomic E-state index is 11.5. The number of rotatable bonds is 1. The predicted molar refractivity (Wildman–Crippen MR) is 53.9 cm³/mol. The van der Waals surface area contributed by atoms with Crippen LogP contribution >= 0.6 is 0 Å². The van der Waals surface area contributed by atoms with Crippen LogP contribution in [-0.2, 0) is 9.59 Å². The van der Waals surface area contributed by atoms with Crippen LogP contribution < -0.4 is 0 Å². The Kier molecular flexibility index (Phi) is 2.70. The Hall–Kier alpha value is -1.59. The molecule has 16 heavy (non-hydrogen) atoms. The predicted octanol–water partition coefficient (Wildman–Crippen LogP) is 1.16. The van der Waals surface area contributed by atoms with Crippen molar-refractivity contribution in [1.82, 2.24) is 4.90 Å². The van der Waals surface area contributed by atoms with E-state index in [1.54, 1.807) is 20.8 Å². The van der Waals surface area contributed by atoms with Crippen molar-refractivity contribution >= 4 is 18.0 Å². The second kappa shape index (κ2) is 3.47. The number of carbonyl (C=O) groups excluding carboxylic acids is 1. The highest BCUT2D eigenvalue weighted by Crippen LogP contribution is 2.44. The van der Waals surface area contributed by atoms with Crippen LogP contribution in [0.1, 0.15) is 33.6 Å². The van der Waals surface area contributed by atoms with Gasteiger partial charge in [-0.25, -0.2) is 14.5 Å². The molecule has 0 aliphatic carbocycles. The summed E-state index contributed by atoms with van der Waals surface area (Å²) in [4.78, 5) is 34.3. The first kappa shape index (κ1) is 12.5. The van der Waals surface area contributed by atoms with Gasteiger partial charge in [0.1, 0.15) is 0 Å². The summed E-state index contributed by atoms with van der Waals surface area (Å²) in [6.45, 7) is 4.86. The van der Waals surface area contributed by atoms with E-state index in [0.717, 1.165) is 0 Å². The number of aliphatic carboxylic acids is 1. The molecule has 6 heteroatoms. The Morgan fingerprint density at radius 3 is 2.06 bits per heavy atom. The molecule has 1 atom stereocenters. The molecule has 1 rings (SSSR count). The minimum atomic E-state index is -1.66. The van der Waals surface area contributed by atoms with E-state index in [0.29, 0.717) is 4.90 Å². The van der Waals surface area contributed by atoms with Crippen molar-refractivity contribution in [3.63, 3.8) is 0 Å². The molecule has 1 saturated heterocycles. The molecule has 1 unspecified atom stereocenters. The van der Waals surface area contributed by atoms with E-state index in [1.807, 2.05) is 0 Å². The van der Waals surface area contributed by atoms with E-state index in [2.05, 4.69) is 0 Å². The van der Waals surface area contributed by atoms with Gasteiger partial charge in [0.2, 0.25) is 5.91 Å². The molecule has 90 valence electrons. The van der Waals surface area contributed by atoms with Crippen LogP contribution in [0.25, 0.3) is 0 Å². The number of nitrogens with zero attached hydrogens (tertiary/aromatic N) is 1. The molecular weight excluding hydrogens is 214 g/mol. The molecular formula is C10H15NO5. The first-order valence-electron chi connectivity index (χ1n) is 4.94. The Morgan fingerprint density at radius 2 is 1.81 bits per heavy atom. The van der Waals surface area contributed by atoms with Gasteiger partial charge < -0.3 is 10.2 Å². The van der Waals surface area contributed by atoms with Crippen molar-refractivity contribution in [3.8, 4) is 0 Å². The summed E-state index contributed by atoms with van der Waals surface area (Å²) in [6, 6.07) is 0. The highest BCUT2D eigenvalue weighted by atomic mass is 16.4. The molecule has 2 amide bonds.